The van der Waals surface area contributed by atoms with Crippen molar-refractivity contribution in [2.75, 3.05) is 11.8 Å². The topological polar surface area (TPSA) is 92.7 Å². The van der Waals surface area contributed by atoms with Crippen LogP contribution in [0.2, 0.25) is 0 Å². The highest BCUT2D eigenvalue weighted by Crippen LogP contribution is 2.33. The second-order valence-electron chi connectivity index (χ2n) is 4.60. The van der Waals surface area contributed by atoms with Gasteiger partial charge in [-0.05, 0) is 18.2 Å². The number of nitrogens with one attached hydrogen (secondary N) is 1. The number of methoxy groups -OCH3 is 1. The summed E-state index contributed by atoms with van der Waals surface area (Å²) in [5, 5.41) is 8.87. The Labute approximate surface area is 138 Å². The number of phenols is 1. The monoisotopic (exact) mass is 379 g/mol. The van der Waals surface area contributed by atoms with Crippen LogP contribution in [0, 0.1) is 23.3 Å². The molecule has 0 fully saturated rings. The lowest BCUT2D eigenvalue weighted by atomic mass is 10.2. The molecular weight excluding hydrogens is 370 g/mol. The molecule has 6 nitrogen and oxygen atoms in total. The lowest BCUT2D eigenvalue weighted by Gasteiger charge is -2.12. The molecule has 0 saturated heterocycles. The molecule has 0 heterocycles. The van der Waals surface area contributed by atoms with Gasteiger partial charge in [0.15, 0.2) is 17.4 Å². The summed E-state index contributed by atoms with van der Waals surface area (Å²) in [6, 6.07) is 4.16. The number of hydrogen-bond donors (Lipinski definition) is 2. The number of halogens is 4. The van der Waals surface area contributed by atoms with Gasteiger partial charge in [-0.2, -0.15) is 8.78 Å². The van der Waals surface area contributed by atoms with Crippen molar-refractivity contribution in [2.45, 2.75) is 4.90 Å². The summed E-state index contributed by atoms with van der Waals surface area (Å²) in [7, 11) is -3.67. The molecule has 2 N–H and O–H groups in total. The number of carbonyl (C=O) groups is 1. The average molecular weight is 379 g/mol. The first-order valence-corrected chi connectivity index (χ1v) is 7.84. The van der Waals surface area contributed by atoms with Crippen LogP contribution >= 0.6 is 0 Å². The smallest absolute Gasteiger partial charge is 0.337 e. The lowest BCUT2D eigenvalue weighted by Crippen LogP contribution is -2.17. The summed E-state index contributed by atoms with van der Waals surface area (Å²) in [6.45, 7) is 0. The minimum absolute atomic E-state index is 0.186. The molecule has 0 radical (unpaired) electrons. The number of aromatic hydroxyl groups is 1. The molecule has 134 valence electrons. The average Bonchev–Trinajstić information content (AvgIpc) is 2.61. The number of esters is 1. The summed E-state index contributed by atoms with van der Waals surface area (Å²) < 4.78 is 84.0. The first-order valence-electron chi connectivity index (χ1n) is 6.36. The molecule has 11 heteroatoms. The third kappa shape index (κ3) is 3.36. The van der Waals surface area contributed by atoms with Crippen molar-refractivity contribution < 1.29 is 40.6 Å². The Balaban J connectivity index is 2.53. The van der Waals surface area contributed by atoms with Gasteiger partial charge in [-0.1, -0.05) is 6.07 Å². The Kier molecular flexibility index (Phi) is 4.88. The molecule has 2 rings (SSSR count). The van der Waals surface area contributed by atoms with E-state index in [0.29, 0.717) is 0 Å². The number of ether oxygens (including phenoxy) is 1. The lowest BCUT2D eigenvalue weighted by molar-refractivity contribution is 0.0600. The van der Waals surface area contributed by atoms with Gasteiger partial charge in [0.1, 0.15) is 5.69 Å². The molecule has 0 amide bonds. The number of sulfonamides is 1. The van der Waals surface area contributed by atoms with Gasteiger partial charge < -0.3 is 9.84 Å². The zero-order valence-corrected chi connectivity index (χ0v) is 13.1. The molecule has 0 aliphatic carbocycles. The summed E-state index contributed by atoms with van der Waals surface area (Å²) in [4.78, 5) is 10.8. The van der Waals surface area contributed by atoms with E-state index in [1.807, 2.05) is 0 Å². The van der Waals surface area contributed by atoms with Gasteiger partial charge in [-0.3, -0.25) is 4.72 Å². The van der Waals surface area contributed by atoms with Crippen LogP contribution in [0.25, 0.3) is 0 Å². The highest BCUT2D eigenvalue weighted by atomic mass is 32.2. The Morgan fingerprint density at radius 1 is 1.08 bits per heavy atom. The second kappa shape index (κ2) is 6.59. The van der Waals surface area contributed by atoms with Gasteiger partial charge in [0, 0.05) is 0 Å². The number of rotatable bonds is 4. The Morgan fingerprint density at radius 2 is 1.64 bits per heavy atom. The van der Waals surface area contributed by atoms with Crippen molar-refractivity contribution in [3.8, 4) is 5.75 Å². The van der Waals surface area contributed by atoms with Crippen molar-refractivity contribution in [3.63, 3.8) is 0 Å². The first kappa shape index (κ1) is 18.5. The zero-order chi connectivity index (χ0) is 18.9. The standard InChI is InChI=1S/C14H9F4NO5S/c1-24-14(21)6-3-2-4-7(5-6)25(22,23)19-12-8(15)10(17)13(20)11(18)9(12)16/h2-5,19-20H,1H3. The van der Waals surface area contributed by atoms with E-state index < -0.39 is 55.6 Å². The van der Waals surface area contributed by atoms with E-state index in [9.17, 15) is 30.8 Å². The number of phenolic OH excluding ortho intramolecular Hbond substituents is 1. The Bertz CT molecular complexity index is 933. The van der Waals surface area contributed by atoms with Crippen LogP contribution in [-0.4, -0.2) is 26.6 Å². The SMILES string of the molecule is COC(=O)c1cccc(S(=O)(=O)Nc2c(F)c(F)c(O)c(F)c2F)c1. The van der Waals surface area contributed by atoms with Crippen LogP contribution in [-0.2, 0) is 14.8 Å². The Morgan fingerprint density at radius 3 is 2.16 bits per heavy atom. The van der Waals surface area contributed by atoms with Crippen molar-refractivity contribution >= 4 is 21.7 Å². The molecule has 0 aliphatic heterocycles. The molecule has 0 bridgehead atoms. The van der Waals surface area contributed by atoms with E-state index in [1.165, 1.54) is 10.8 Å². The molecule has 25 heavy (non-hydrogen) atoms. The van der Waals surface area contributed by atoms with Crippen LogP contribution in [0.4, 0.5) is 23.2 Å². The Hall–Kier alpha value is -2.82. The van der Waals surface area contributed by atoms with E-state index in [2.05, 4.69) is 4.74 Å². The zero-order valence-electron chi connectivity index (χ0n) is 12.3. The summed E-state index contributed by atoms with van der Waals surface area (Å²) in [5.41, 5.74) is -1.84. The number of anilines is 1. The van der Waals surface area contributed by atoms with E-state index in [-0.39, 0.29) is 5.56 Å². The fourth-order valence-corrected chi connectivity index (χ4v) is 2.92. The van der Waals surface area contributed by atoms with Crippen molar-refractivity contribution in [1.29, 1.82) is 0 Å². The van der Waals surface area contributed by atoms with Crippen LogP contribution in [0.3, 0.4) is 0 Å². The molecule has 0 spiro atoms. The maximum absolute atomic E-state index is 13.7. The van der Waals surface area contributed by atoms with Crippen LogP contribution in [0.1, 0.15) is 10.4 Å². The summed E-state index contributed by atoms with van der Waals surface area (Å²) in [6.07, 6.45) is 0. The number of carbonyl (C=O) groups excluding carboxylic acids is 1. The van der Waals surface area contributed by atoms with Crippen LogP contribution in [0.5, 0.6) is 5.75 Å². The number of benzene rings is 2. The molecule has 0 aromatic heterocycles. The second-order valence-corrected chi connectivity index (χ2v) is 6.29. The van der Waals surface area contributed by atoms with E-state index >= 15 is 0 Å². The molecular formula is C14H9F4NO5S. The van der Waals surface area contributed by atoms with Gasteiger partial charge in [-0.25, -0.2) is 22.0 Å². The van der Waals surface area contributed by atoms with Gasteiger partial charge in [0.25, 0.3) is 10.0 Å². The van der Waals surface area contributed by atoms with Crippen LogP contribution in [0.15, 0.2) is 29.2 Å². The fraction of sp³-hybridized carbons (Fsp3) is 0.0714. The van der Waals surface area contributed by atoms with Crippen LogP contribution < -0.4 is 4.72 Å². The normalized spacial score (nSPS) is 11.2. The largest absolute Gasteiger partial charge is 0.503 e. The molecule has 0 unspecified atom stereocenters. The minimum Gasteiger partial charge on any atom is -0.503 e. The first-order chi connectivity index (χ1) is 11.6. The summed E-state index contributed by atoms with van der Waals surface area (Å²) in [5.74, 6) is -11.4. The maximum atomic E-state index is 13.7. The predicted molar refractivity (Wildman–Crippen MR) is 76.5 cm³/mol. The maximum Gasteiger partial charge on any atom is 0.337 e. The molecule has 0 aliphatic rings. The fourth-order valence-electron chi connectivity index (χ4n) is 1.81. The molecule has 0 atom stereocenters. The third-order valence-electron chi connectivity index (χ3n) is 3.04. The third-order valence-corrected chi connectivity index (χ3v) is 4.39. The summed E-state index contributed by atoms with van der Waals surface area (Å²) >= 11 is 0. The van der Waals surface area contributed by atoms with E-state index in [4.69, 9.17) is 5.11 Å². The van der Waals surface area contributed by atoms with Gasteiger partial charge in [0.05, 0.1) is 17.6 Å². The van der Waals surface area contributed by atoms with Gasteiger partial charge in [-0.15, -0.1) is 0 Å². The quantitative estimate of drug-likeness (QED) is 0.369. The molecule has 0 saturated carbocycles. The predicted octanol–water partition coefficient (Wildman–Crippen LogP) is 2.54. The van der Waals surface area contributed by atoms with Crippen molar-refractivity contribution in [2.24, 2.45) is 0 Å². The molecule has 2 aromatic rings. The highest BCUT2D eigenvalue weighted by Gasteiger charge is 2.28. The van der Waals surface area contributed by atoms with Gasteiger partial charge in [0.2, 0.25) is 11.6 Å². The van der Waals surface area contributed by atoms with Crippen molar-refractivity contribution in [3.05, 3.63) is 53.1 Å². The van der Waals surface area contributed by atoms with E-state index in [1.54, 1.807) is 0 Å². The van der Waals surface area contributed by atoms with E-state index in [0.717, 1.165) is 25.3 Å². The van der Waals surface area contributed by atoms with Crippen molar-refractivity contribution in [1.82, 2.24) is 0 Å². The number of hydrogen-bond acceptors (Lipinski definition) is 5. The minimum atomic E-state index is -4.72. The molecule has 2 aromatic carbocycles. The van der Waals surface area contributed by atoms with Gasteiger partial charge >= 0.3 is 5.97 Å². The highest BCUT2D eigenvalue weighted by molar-refractivity contribution is 7.92.